The Labute approximate surface area is 184 Å². The van der Waals surface area contributed by atoms with Crippen LogP contribution >= 0.6 is 0 Å². The van der Waals surface area contributed by atoms with Crippen LogP contribution in [0.15, 0.2) is 77.7 Å². The van der Waals surface area contributed by atoms with Gasteiger partial charge in [0, 0.05) is 6.54 Å². The Hall–Kier alpha value is -3.82. The van der Waals surface area contributed by atoms with Crippen molar-refractivity contribution in [2.75, 3.05) is 0 Å². The van der Waals surface area contributed by atoms with Crippen molar-refractivity contribution in [3.63, 3.8) is 0 Å². The van der Waals surface area contributed by atoms with Crippen LogP contribution in [0.2, 0.25) is 0 Å². The molecule has 9 heteroatoms. The molecule has 0 bridgehead atoms. The lowest BCUT2D eigenvalue weighted by molar-refractivity contribution is -0.0584. The van der Waals surface area contributed by atoms with Crippen LogP contribution < -0.4 is 4.72 Å². The fourth-order valence-electron chi connectivity index (χ4n) is 3.25. The maximum atomic E-state index is 12.8. The molecule has 0 unspecified atom stereocenters. The molecule has 3 aromatic rings. The first-order chi connectivity index (χ1) is 15.3. The Kier molecular flexibility index (Phi) is 5.60. The van der Waals surface area contributed by atoms with Gasteiger partial charge in [-0.15, -0.1) is 0 Å². The lowest BCUT2D eigenvalue weighted by atomic mass is 10.1. The van der Waals surface area contributed by atoms with Crippen molar-refractivity contribution in [1.29, 1.82) is 0 Å². The van der Waals surface area contributed by atoms with Crippen LogP contribution in [0.3, 0.4) is 0 Å². The lowest BCUT2D eigenvalue weighted by Gasteiger charge is -2.14. The zero-order valence-electron chi connectivity index (χ0n) is 16.9. The van der Waals surface area contributed by atoms with Crippen LogP contribution in [-0.4, -0.2) is 31.3 Å². The molecule has 8 nitrogen and oxygen atoms in total. The van der Waals surface area contributed by atoms with Gasteiger partial charge in [-0.1, -0.05) is 53.6 Å². The summed E-state index contributed by atoms with van der Waals surface area (Å²) >= 11 is 0. The molecule has 4 rings (SSSR count). The number of benzene rings is 3. The monoisotopic (exact) mass is 450 g/mol. The number of fused-ring (bicyclic) bond motifs is 1. The van der Waals surface area contributed by atoms with E-state index in [0.29, 0.717) is 10.6 Å². The summed E-state index contributed by atoms with van der Waals surface area (Å²) in [6.07, 6.45) is 0. The second kappa shape index (κ2) is 8.37. The third kappa shape index (κ3) is 4.03. The number of amides is 2. The number of imide groups is 1. The molecule has 0 aliphatic carbocycles. The fourth-order valence-corrected chi connectivity index (χ4v) is 4.54. The minimum Gasteiger partial charge on any atom is -0.324 e. The molecule has 0 radical (unpaired) electrons. The molecule has 1 heterocycles. The predicted octanol–water partition coefficient (Wildman–Crippen LogP) is 2.84. The van der Waals surface area contributed by atoms with Crippen molar-refractivity contribution < 1.29 is 27.6 Å². The second-order valence-corrected chi connectivity index (χ2v) is 8.85. The largest absolute Gasteiger partial charge is 0.363 e. The average molecular weight is 450 g/mol. The number of rotatable bonds is 6. The standard InChI is InChI=1S/C23H18N2O6S/c1-15-11-12-17(13-20(15)32(29,30)24-14-16-7-3-2-4-8-16)23(28)31-25-21(26)18-9-5-6-10-19(18)22(25)27/h2-13,24H,14H2,1H3. The Bertz CT molecular complexity index is 1300. The zero-order valence-corrected chi connectivity index (χ0v) is 17.8. The van der Waals surface area contributed by atoms with E-state index in [4.69, 9.17) is 4.84 Å². The highest BCUT2D eigenvalue weighted by Crippen LogP contribution is 2.24. The number of hydrogen-bond acceptors (Lipinski definition) is 6. The molecular formula is C23H18N2O6S. The van der Waals surface area contributed by atoms with Crippen LogP contribution in [0.1, 0.15) is 42.2 Å². The van der Waals surface area contributed by atoms with Crippen molar-refractivity contribution in [2.24, 2.45) is 0 Å². The molecule has 0 atom stereocenters. The molecule has 0 saturated carbocycles. The minimum atomic E-state index is -3.94. The van der Waals surface area contributed by atoms with Crippen LogP contribution in [0.5, 0.6) is 0 Å². The maximum Gasteiger partial charge on any atom is 0.363 e. The Morgan fingerprint density at radius 3 is 2.12 bits per heavy atom. The maximum absolute atomic E-state index is 12.8. The first-order valence-electron chi connectivity index (χ1n) is 9.62. The van der Waals surface area contributed by atoms with Gasteiger partial charge < -0.3 is 4.84 Å². The van der Waals surface area contributed by atoms with Crippen LogP contribution in [0, 0.1) is 6.92 Å². The van der Waals surface area contributed by atoms with Gasteiger partial charge >= 0.3 is 5.97 Å². The van der Waals surface area contributed by atoms with E-state index in [0.717, 1.165) is 11.6 Å². The molecule has 2 amide bonds. The average Bonchev–Trinajstić information content (AvgIpc) is 3.03. The van der Waals surface area contributed by atoms with Crippen molar-refractivity contribution in [1.82, 2.24) is 9.79 Å². The van der Waals surface area contributed by atoms with E-state index in [1.54, 1.807) is 43.3 Å². The van der Waals surface area contributed by atoms with Gasteiger partial charge in [-0.3, -0.25) is 9.59 Å². The van der Waals surface area contributed by atoms with E-state index < -0.39 is 27.8 Å². The van der Waals surface area contributed by atoms with Crippen LogP contribution in [0.25, 0.3) is 0 Å². The van der Waals surface area contributed by atoms with E-state index in [1.165, 1.54) is 24.3 Å². The molecule has 162 valence electrons. The number of hydroxylamine groups is 2. The summed E-state index contributed by atoms with van der Waals surface area (Å²) < 4.78 is 28.1. The molecule has 0 fully saturated rings. The summed E-state index contributed by atoms with van der Waals surface area (Å²) in [6.45, 7) is 1.67. The van der Waals surface area contributed by atoms with Gasteiger partial charge in [-0.25, -0.2) is 17.9 Å². The van der Waals surface area contributed by atoms with Gasteiger partial charge in [-0.2, -0.15) is 0 Å². The Morgan fingerprint density at radius 2 is 1.50 bits per heavy atom. The van der Waals surface area contributed by atoms with Crippen LogP contribution in [0.4, 0.5) is 0 Å². The molecule has 1 aliphatic rings. The summed E-state index contributed by atoms with van der Waals surface area (Å²) in [5.74, 6) is -2.55. The highest BCUT2D eigenvalue weighted by molar-refractivity contribution is 7.89. The number of nitrogens with zero attached hydrogens (tertiary/aromatic N) is 1. The molecule has 0 aromatic heterocycles. The fraction of sp³-hybridized carbons (Fsp3) is 0.0870. The smallest absolute Gasteiger partial charge is 0.324 e. The second-order valence-electron chi connectivity index (χ2n) is 7.12. The molecule has 1 N–H and O–H groups in total. The van der Waals surface area contributed by atoms with Gasteiger partial charge in [-0.05, 0) is 42.3 Å². The lowest BCUT2D eigenvalue weighted by Crippen LogP contribution is -2.32. The first-order valence-corrected chi connectivity index (χ1v) is 11.1. The summed E-state index contributed by atoms with van der Waals surface area (Å²) in [5.41, 5.74) is 1.33. The quantitative estimate of drug-likeness (QED) is 0.579. The number of hydrogen-bond donors (Lipinski definition) is 1. The zero-order chi connectivity index (χ0) is 22.9. The predicted molar refractivity (Wildman–Crippen MR) is 114 cm³/mol. The molecule has 0 spiro atoms. The third-order valence-corrected chi connectivity index (χ3v) is 6.50. The summed E-state index contributed by atoms with van der Waals surface area (Å²) in [7, 11) is -3.94. The molecule has 3 aromatic carbocycles. The van der Waals surface area contributed by atoms with Crippen molar-refractivity contribution >= 4 is 27.8 Å². The number of nitrogens with one attached hydrogen (secondary N) is 1. The topological polar surface area (TPSA) is 110 Å². The molecule has 32 heavy (non-hydrogen) atoms. The van der Waals surface area contributed by atoms with Gasteiger partial charge in [0.1, 0.15) is 0 Å². The number of carbonyl (C=O) groups is 3. The van der Waals surface area contributed by atoms with Gasteiger partial charge in [0.2, 0.25) is 10.0 Å². The minimum absolute atomic E-state index is 0.0757. The Balaban J connectivity index is 1.54. The molecular weight excluding hydrogens is 432 g/mol. The van der Waals surface area contributed by atoms with E-state index >= 15 is 0 Å². The molecule has 1 aliphatic heterocycles. The van der Waals surface area contributed by atoms with Crippen LogP contribution in [-0.2, 0) is 21.4 Å². The number of aryl methyl sites for hydroxylation is 1. The number of carbonyl (C=O) groups excluding carboxylic acids is 3. The summed E-state index contributed by atoms with van der Waals surface area (Å²) in [4.78, 5) is 42.3. The van der Waals surface area contributed by atoms with Gasteiger partial charge in [0.25, 0.3) is 11.8 Å². The van der Waals surface area contributed by atoms with E-state index in [2.05, 4.69) is 4.72 Å². The highest BCUT2D eigenvalue weighted by Gasteiger charge is 2.39. The normalized spacial score (nSPS) is 13.2. The van der Waals surface area contributed by atoms with Gasteiger partial charge in [0.05, 0.1) is 21.6 Å². The molecule has 0 saturated heterocycles. The van der Waals surface area contributed by atoms with Gasteiger partial charge in [0.15, 0.2) is 0 Å². The van der Waals surface area contributed by atoms with E-state index in [1.807, 2.05) is 6.07 Å². The van der Waals surface area contributed by atoms with Crippen molar-refractivity contribution in [3.05, 3.63) is 101 Å². The van der Waals surface area contributed by atoms with E-state index in [-0.39, 0.29) is 28.1 Å². The van der Waals surface area contributed by atoms with E-state index in [9.17, 15) is 22.8 Å². The van der Waals surface area contributed by atoms with Crippen molar-refractivity contribution in [2.45, 2.75) is 18.4 Å². The third-order valence-electron chi connectivity index (χ3n) is 4.95. The summed E-state index contributed by atoms with van der Waals surface area (Å²) in [5, 5.41) is 0.384. The first kappa shape index (κ1) is 21.4. The number of sulfonamides is 1. The highest BCUT2D eigenvalue weighted by atomic mass is 32.2. The summed E-state index contributed by atoms with van der Waals surface area (Å²) in [6, 6.07) is 19.1. The SMILES string of the molecule is Cc1ccc(C(=O)ON2C(=O)c3ccccc3C2=O)cc1S(=O)(=O)NCc1ccccc1. The Morgan fingerprint density at radius 1 is 0.906 bits per heavy atom. The van der Waals surface area contributed by atoms with Crippen molar-refractivity contribution in [3.8, 4) is 0 Å².